The van der Waals surface area contributed by atoms with Gasteiger partial charge in [0, 0.05) is 22.3 Å². The predicted molar refractivity (Wildman–Crippen MR) is 77.3 cm³/mol. The second-order valence-corrected chi connectivity index (χ2v) is 5.25. The fourth-order valence-corrected chi connectivity index (χ4v) is 2.13. The Morgan fingerprint density at radius 1 is 1.17 bits per heavy atom. The van der Waals surface area contributed by atoms with Gasteiger partial charge in [0.2, 0.25) is 0 Å². The molecule has 0 saturated heterocycles. The summed E-state index contributed by atoms with van der Waals surface area (Å²) in [6, 6.07) is 11.2. The van der Waals surface area contributed by atoms with Crippen molar-refractivity contribution in [2.45, 2.75) is 20.4 Å². The van der Waals surface area contributed by atoms with Crippen LogP contribution in [0.4, 0.5) is 10.1 Å². The Morgan fingerprint density at radius 3 is 2.67 bits per heavy atom. The maximum atomic E-state index is 13.7. The molecule has 0 aromatic heterocycles. The van der Waals surface area contributed by atoms with Crippen molar-refractivity contribution in [3.63, 3.8) is 0 Å². The van der Waals surface area contributed by atoms with Gasteiger partial charge in [-0.15, -0.1) is 0 Å². The van der Waals surface area contributed by atoms with Crippen LogP contribution in [0.15, 0.2) is 40.9 Å². The molecule has 0 radical (unpaired) electrons. The van der Waals surface area contributed by atoms with Crippen LogP contribution in [0.2, 0.25) is 0 Å². The molecule has 94 valence electrons. The number of anilines is 1. The van der Waals surface area contributed by atoms with Gasteiger partial charge in [0.25, 0.3) is 0 Å². The summed E-state index contributed by atoms with van der Waals surface area (Å²) in [5, 5.41) is 3.28. The van der Waals surface area contributed by atoms with E-state index in [2.05, 4.69) is 41.2 Å². The van der Waals surface area contributed by atoms with Gasteiger partial charge in [0.15, 0.2) is 0 Å². The maximum Gasteiger partial charge on any atom is 0.129 e. The van der Waals surface area contributed by atoms with E-state index in [0.29, 0.717) is 12.1 Å². The van der Waals surface area contributed by atoms with Gasteiger partial charge in [-0.3, -0.25) is 0 Å². The largest absolute Gasteiger partial charge is 0.381 e. The number of hydrogen-bond acceptors (Lipinski definition) is 1. The first kappa shape index (κ1) is 13.1. The van der Waals surface area contributed by atoms with Crippen molar-refractivity contribution >= 4 is 21.6 Å². The van der Waals surface area contributed by atoms with Gasteiger partial charge in [0.1, 0.15) is 5.82 Å². The molecule has 18 heavy (non-hydrogen) atoms. The van der Waals surface area contributed by atoms with E-state index in [4.69, 9.17) is 0 Å². The summed E-state index contributed by atoms with van der Waals surface area (Å²) in [6.45, 7) is 4.62. The molecule has 1 N–H and O–H groups in total. The first-order valence-corrected chi connectivity index (χ1v) is 6.61. The molecular weight excluding hydrogens is 293 g/mol. The summed E-state index contributed by atoms with van der Waals surface area (Å²) in [6.07, 6.45) is 0. The second kappa shape index (κ2) is 5.53. The SMILES string of the molecule is Cc1cccc(NCc2ccc(Br)cc2F)c1C. The molecule has 0 spiro atoms. The minimum Gasteiger partial charge on any atom is -0.381 e. The van der Waals surface area contributed by atoms with Gasteiger partial charge in [-0.1, -0.05) is 34.1 Å². The maximum absolute atomic E-state index is 13.7. The number of nitrogens with one attached hydrogen (secondary N) is 1. The number of hydrogen-bond donors (Lipinski definition) is 1. The molecular formula is C15H15BrFN. The third kappa shape index (κ3) is 2.91. The summed E-state index contributed by atoms with van der Waals surface area (Å²) < 4.78 is 14.4. The molecule has 3 heteroatoms. The molecule has 0 heterocycles. The van der Waals surface area contributed by atoms with Crippen molar-refractivity contribution in [2.24, 2.45) is 0 Å². The molecule has 0 amide bonds. The highest BCUT2D eigenvalue weighted by molar-refractivity contribution is 9.10. The Labute approximate surface area is 115 Å². The topological polar surface area (TPSA) is 12.0 Å². The van der Waals surface area contributed by atoms with E-state index in [1.54, 1.807) is 6.07 Å². The predicted octanol–water partition coefficient (Wildman–Crippen LogP) is 4.82. The average Bonchev–Trinajstić information content (AvgIpc) is 2.33. The van der Waals surface area contributed by atoms with Crippen LogP contribution in [0.5, 0.6) is 0 Å². The van der Waals surface area contributed by atoms with Gasteiger partial charge in [0.05, 0.1) is 0 Å². The lowest BCUT2D eigenvalue weighted by molar-refractivity contribution is 0.612. The lowest BCUT2D eigenvalue weighted by Gasteiger charge is -2.12. The van der Waals surface area contributed by atoms with Crippen molar-refractivity contribution in [1.29, 1.82) is 0 Å². The molecule has 0 bridgehead atoms. The van der Waals surface area contributed by atoms with E-state index in [0.717, 1.165) is 10.2 Å². The summed E-state index contributed by atoms with van der Waals surface area (Å²) in [5.74, 6) is -0.192. The van der Waals surface area contributed by atoms with Crippen LogP contribution in [0.1, 0.15) is 16.7 Å². The normalized spacial score (nSPS) is 10.4. The second-order valence-electron chi connectivity index (χ2n) is 4.34. The molecule has 0 aliphatic heterocycles. The highest BCUT2D eigenvalue weighted by Crippen LogP contribution is 2.20. The van der Waals surface area contributed by atoms with Crippen molar-refractivity contribution in [2.75, 3.05) is 5.32 Å². The minimum atomic E-state index is -0.192. The number of rotatable bonds is 3. The molecule has 0 saturated carbocycles. The molecule has 1 nitrogen and oxygen atoms in total. The molecule has 2 aromatic carbocycles. The Balaban J connectivity index is 2.14. The van der Waals surface area contributed by atoms with Gasteiger partial charge < -0.3 is 5.32 Å². The molecule has 0 atom stereocenters. The monoisotopic (exact) mass is 307 g/mol. The Bertz CT molecular complexity index is 566. The number of benzene rings is 2. The lowest BCUT2D eigenvalue weighted by Crippen LogP contribution is -2.03. The third-order valence-electron chi connectivity index (χ3n) is 3.09. The van der Waals surface area contributed by atoms with Crippen LogP contribution in [0.3, 0.4) is 0 Å². The fourth-order valence-electron chi connectivity index (χ4n) is 1.80. The van der Waals surface area contributed by atoms with Crippen LogP contribution < -0.4 is 5.32 Å². The van der Waals surface area contributed by atoms with Crippen LogP contribution >= 0.6 is 15.9 Å². The first-order valence-electron chi connectivity index (χ1n) is 5.82. The first-order chi connectivity index (χ1) is 8.58. The smallest absolute Gasteiger partial charge is 0.129 e. The third-order valence-corrected chi connectivity index (χ3v) is 3.58. The standard InChI is InChI=1S/C15H15BrFN/c1-10-4-3-5-15(11(10)2)18-9-12-6-7-13(16)8-14(12)17/h3-8,18H,9H2,1-2H3. The van der Waals surface area contributed by atoms with Gasteiger partial charge >= 0.3 is 0 Å². The van der Waals surface area contributed by atoms with Crippen LogP contribution in [-0.4, -0.2) is 0 Å². The molecule has 2 rings (SSSR count). The molecule has 0 aliphatic carbocycles. The Morgan fingerprint density at radius 2 is 1.94 bits per heavy atom. The summed E-state index contributed by atoms with van der Waals surface area (Å²) in [7, 11) is 0. The number of halogens is 2. The Kier molecular flexibility index (Phi) is 4.02. The number of aryl methyl sites for hydroxylation is 1. The van der Waals surface area contributed by atoms with E-state index < -0.39 is 0 Å². The van der Waals surface area contributed by atoms with Crippen molar-refractivity contribution < 1.29 is 4.39 Å². The molecule has 0 aliphatic rings. The van der Waals surface area contributed by atoms with Crippen LogP contribution in [0, 0.1) is 19.7 Å². The highest BCUT2D eigenvalue weighted by atomic mass is 79.9. The van der Waals surface area contributed by atoms with Crippen molar-refractivity contribution in [1.82, 2.24) is 0 Å². The highest BCUT2D eigenvalue weighted by Gasteiger charge is 2.04. The zero-order valence-corrected chi connectivity index (χ0v) is 12.0. The quantitative estimate of drug-likeness (QED) is 0.857. The van der Waals surface area contributed by atoms with Gasteiger partial charge in [-0.2, -0.15) is 0 Å². The van der Waals surface area contributed by atoms with Gasteiger partial charge in [-0.25, -0.2) is 4.39 Å². The summed E-state index contributed by atoms with van der Waals surface area (Å²) >= 11 is 3.25. The van der Waals surface area contributed by atoms with Crippen LogP contribution in [-0.2, 0) is 6.54 Å². The van der Waals surface area contributed by atoms with Gasteiger partial charge in [-0.05, 0) is 43.2 Å². The van der Waals surface area contributed by atoms with E-state index in [9.17, 15) is 4.39 Å². The van der Waals surface area contributed by atoms with E-state index >= 15 is 0 Å². The molecule has 0 fully saturated rings. The Hall–Kier alpha value is -1.35. The lowest BCUT2D eigenvalue weighted by atomic mass is 10.1. The fraction of sp³-hybridized carbons (Fsp3) is 0.200. The zero-order valence-electron chi connectivity index (χ0n) is 10.4. The van der Waals surface area contributed by atoms with E-state index in [1.807, 2.05) is 18.2 Å². The summed E-state index contributed by atoms with van der Waals surface area (Å²) in [5.41, 5.74) is 4.16. The average molecular weight is 308 g/mol. The molecule has 2 aromatic rings. The van der Waals surface area contributed by atoms with E-state index in [-0.39, 0.29) is 5.82 Å². The summed E-state index contributed by atoms with van der Waals surface area (Å²) in [4.78, 5) is 0. The van der Waals surface area contributed by atoms with Crippen molar-refractivity contribution in [3.8, 4) is 0 Å². The van der Waals surface area contributed by atoms with E-state index in [1.165, 1.54) is 17.2 Å². The van der Waals surface area contributed by atoms with Crippen LogP contribution in [0.25, 0.3) is 0 Å². The van der Waals surface area contributed by atoms with Crippen molar-refractivity contribution in [3.05, 3.63) is 63.4 Å². The zero-order chi connectivity index (χ0) is 13.1. The molecule has 0 unspecified atom stereocenters. The minimum absolute atomic E-state index is 0.192.